The topological polar surface area (TPSA) is 72.2 Å². The Hall–Kier alpha value is -1.05. The lowest BCUT2D eigenvalue weighted by molar-refractivity contribution is -0.133. The molecule has 0 fully saturated rings. The lowest BCUT2D eigenvalue weighted by Crippen LogP contribution is -2.10. The summed E-state index contributed by atoms with van der Waals surface area (Å²) in [5.74, 6) is 0.155. The van der Waals surface area contributed by atoms with E-state index in [1.54, 1.807) is 18.2 Å². The van der Waals surface area contributed by atoms with Gasteiger partial charge in [0.2, 0.25) is 0 Å². The molecule has 1 aromatic carbocycles. The predicted octanol–water partition coefficient (Wildman–Crippen LogP) is 2.64. The molecule has 0 saturated carbocycles. The second-order valence-corrected chi connectivity index (χ2v) is 7.54. The van der Waals surface area contributed by atoms with E-state index in [9.17, 15) is 9.00 Å². The van der Waals surface area contributed by atoms with E-state index < -0.39 is 16.8 Å². The number of hydrogen-bond acceptors (Lipinski definition) is 4. The van der Waals surface area contributed by atoms with Gasteiger partial charge in [0.1, 0.15) is 0 Å². The SMILES string of the molecule is CCS(=O)CCn1c(SCC(=O)O)nc2ccc(Cl)cc21. The molecule has 1 unspecified atom stereocenters. The monoisotopic (exact) mass is 346 g/mol. The largest absolute Gasteiger partial charge is 0.481 e. The van der Waals surface area contributed by atoms with Gasteiger partial charge in [0.15, 0.2) is 5.16 Å². The van der Waals surface area contributed by atoms with Gasteiger partial charge in [0.05, 0.1) is 16.8 Å². The van der Waals surface area contributed by atoms with Crippen molar-refractivity contribution in [3.05, 3.63) is 23.2 Å². The van der Waals surface area contributed by atoms with Crippen molar-refractivity contribution in [2.45, 2.75) is 18.6 Å². The number of carbonyl (C=O) groups is 1. The van der Waals surface area contributed by atoms with Crippen molar-refractivity contribution in [2.24, 2.45) is 0 Å². The molecule has 1 atom stereocenters. The van der Waals surface area contributed by atoms with Gasteiger partial charge in [-0.1, -0.05) is 30.3 Å². The Labute approximate surface area is 134 Å². The Morgan fingerprint density at radius 2 is 2.29 bits per heavy atom. The Morgan fingerprint density at radius 3 is 2.95 bits per heavy atom. The Bertz CT molecular complexity index is 687. The van der Waals surface area contributed by atoms with Crippen LogP contribution in [0.2, 0.25) is 5.02 Å². The zero-order chi connectivity index (χ0) is 15.4. The van der Waals surface area contributed by atoms with Crippen LogP contribution < -0.4 is 0 Å². The van der Waals surface area contributed by atoms with Crippen molar-refractivity contribution in [2.75, 3.05) is 17.3 Å². The first-order valence-corrected chi connectivity index (χ1v) is 9.21. The second-order valence-electron chi connectivity index (χ2n) is 4.29. The number of aromatic nitrogens is 2. The van der Waals surface area contributed by atoms with Crippen molar-refractivity contribution in [1.29, 1.82) is 0 Å². The number of fused-ring (bicyclic) bond motifs is 1. The molecule has 0 spiro atoms. The summed E-state index contributed by atoms with van der Waals surface area (Å²) in [7, 11) is -0.888. The molecule has 1 aromatic heterocycles. The predicted molar refractivity (Wildman–Crippen MR) is 86.7 cm³/mol. The van der Waals surface area contributed by atoms with Crippen LogP contribution in [0.4, 0.5) is 0 Å². The van der Waals surface area contributed by atoms with E-state index in [0.717, 1.165) is 22.8 Å². The minimum Gasteiger partial charge on any atom is -0.481 e. The van der Waals surface area contributed by atoms with Gasteiger partial charge >= 0.3 is 5.97 Å². The molecule has 1 heterocycles. The number of hydrogen-bond donors (Lipinski definition) is 1. The number of carboxylic acid groups (broad SMARTS) is 1. The Kier molecular flexibility index (Phi) is 5.66. The van der Waals surface area contributed by atoms with Gasteiger partial charge in [0.25, 0.3) is 0 Å². The minimum atomic E-state index is -0.895. The van der Waals surface area contributed by atoms with Crippen LogP contribution in [0.3, 0.4) is 0 Å². The average molecular weight is 347 g/mol. The molecule has 1 N–H and O–H groups in total. The third kappa shape index (κ3) is 4.21. The van der Waals surface area contributed by atoms with E-state index >= 15 is 0 Å². The summed E-state index contributed by atoms with van der Waals surface area (Å²) in [6, 6.07) is 5.34. The Balaban J connectivity index is 2.35. The number of imidazole rings is 1. The number of nitrogens with zero attached hydrogens (tertiary/aromatic N) is 2. The highest BCUT2D eigenvalue weighted by molar-refractivity contribution is 7.99. The lowest BCUT2D eigenvalue weighted by Gasteiger charge is -2.07. The van der Waals surface area contributed by atoms with E-state index in [0.29, 0.717) is 28.2 Å². The van der Waals surface area contributed by atoms with Gasteiger partial charge in [-0.25, -0.2) is 4.98 Å². The Morgan fingerprint density at radius 1 is 1.52 bits per heavy atom. The lowest BCUT2D eigenvalue weighted by atomic mass is 10.3. The van der Waals surface area contributed by atoms with E-state index in [-0.39, 0.29) is 5.75 Å². The fourth-order valence-corrected chi connectivity index (χ4v) is 3.47. The van der Waals surface area contributed by atoms with Crippen LogP contribution in [-0.4, -0.2) is 42.1 Å². The third-order valence-corrected chi connectivity index (χ3v) is 5.34. The highest BCUT2D eigenvalue weighted by atomic mass is 35.5. The molecular weight excluding hydrogens is 332 g/mol. The van der Waals surface area contributed by atoms with E-state index in [2.05, 4.69) is 4.98 Å². The van der Waals surface area contributed by atoms with Gasteiger partial charge in [-0.15, -0.1) is 0 Å². The van der Waals surface area contributed by atoms with Crippen LogP contribution >= 0.6 is 23.4 Å². The summed E-state index contributed by atoms with van der Waals surface area (Å²) in [5, 5.41) is 10.0. The number of halogens is 1. The van der Waals surface area contributed by atoms with Crippen LogP contribution in [0.5, 0.6) is 0 Å². The van der Waals surface area contributed by atoms with E-state index in [4.69, 9.17) is 16.7 Å². The maximum absolute atomic E-state index is 11.6. The highest BCUT2D eigenvalue weighted by Gasteiger charge is 2.13. The van der Waals surface area contributed by atoms with Gasteiger partial charge < -0.3 is 9.67 Å². The number of aliphatic carboxylic acids is 1. The highest BCUT2D eigenvalue weighted by Crippen LogP contribution is 2.26. The number of aryl methyl sites for hydroxylation is 1. The molecule has 5 nitrogen and oxygen atoms in total. The summed E-state index contributed by atoms with van der Waals surface area (Å²) in [4.78, 5) is 15.2. The maximum Gasteiger partial charge on any atom is 0.313 e. The summed E-state index contributed by atoms with van der Waals surface area (Å²) >= 11 is 7.17. The molecule has 0 bridgehead atoms. The fourth-order valence-electron chi connectivity index (χ4n) is 1.86. The van der Waals surface area contributed by atoms with Gasteiger partial charge in [-0.05, 0) is 18.2 Å². The summed E-state index contributed by atoms with van der Waals surface area (Å²) in [6.45, 7) is 2.40. The molecule has 114 valence electrons. The summed E-state index contributed by atoms with van der Waals surface area (Å²) < 4.78 is 13.5. The number of carboxylic acids is 1. The molecule has 0 amide bonds. The molecule has 0 aliphatic heterocycles. The standard InChI is InChI=1S/C13H15ClN2O3S2/c1-2-21(19)6-5-16-11-7-9(14)3-4-10(11)15-13(16)20-8-12(17)18/h3-4,7H,2,5-6,8H2,1H3,(H,17,18). The molecular formula is C13H15ClN2O3S2. The van der Waals surface area contributed by atoms with Crippen molar-refractivity contribution in [3.63, 3.8) is 0 Å². The zero-order valence-electron chi connectivity index (χ0n) is 11.4. The van der Waals surface area contributed by atoms with Crippen LogP contribution in [0.15, 0.2) is 23.4 Å². The molecule has 2 rings (SSSR count). The molecule has 0 aliphatic carbocycles. The smallest absolute Gasteiger partial charge is 0.313 e. The average Bonchev–Trinajstić information content (AvgIpc) is 2.79. The fraction of sp³-hybridized carbons (Fsp3) is 0.385. The summed E-state index contributed by atoms with van der Waals surface area (Å²) in [5.41, 5.74) is 1.60. The third-order valence-electron chi connectivity index (χ3n) is 2.86. The molecule has 0 saturated heterocycles. The van der Waals surface area contributed by atoms with Crippen molar-refractivity contribution >= 4 is 51.2 Å². The molecule has 8 heteroatoms. The van der Waals surface area contributed by atoms with Crippen LogP contribution in [0, 0.1) is 0 Å². The normalized spacial score (nSPS) is 12.7. The minimum absolute atomic E-state index is 0.0616. The zero-order valence-corrected chi connectivity index (χ0v) is 13.8. The molecule has 0 aliphatic rings. The van der Waals surface area contributed by atoms with Crippen molar-refractivity contribution < 1.29 is 14.1 Å². The number of thioether (sulfide) groups is 1. The second kappa shape index (κ2) is 7.29. The van der Waals surface area contributed by atoms with Gasteiger partial charge in [-0.2, -0.15) is 0 Å². The molecule has 21 heavy (non-hydrogen) atoms. The van der Waals surface area contributed by atoms with Crippen LogP contribution in [0.1, 0.15) is 6.92 Å². The number of rotatable bonds is 7. The first-order chi connectivity index (χ1) is 10.0. The van der Waals surface area contributed by atoms with E-state index in [1.165, 1.54) is 0 Å². The number of benzene rings is 1. The van der Waals surface area contributed by atoms with Crippen molar-refractivity contribution in [1.82, 2.24) is 9.55 Å². The summed E-state index contributed by atoms with van der Waals surface area (Å²) in [6.07, 6.45) is 0. The quantitative estimate of drug-likeness (QED) is 0.780. The van der Waals surface area contributed by atoms with Crippen LogP contribution in [0.25, 0.3) is 11.0 Å². The van der Waals surface area contributed by atoms with Gasteiger partial charge in [-0.3, -0.25) is 9.00 Å². The van der Waals surface area contributed by atoms with Gasteiger partial charge in [0, 0.05) is 33.9 Å². The molecule has 2 aromatic rings. The maximum atomic E-state index is 11.6. The van der Waals surface area contributed by atoms with Crippen LogP contribution in [-0.2, 0) is 22.1 Å². The van der Waals surface area contributed by atoms with Crippen molar-refractivity contribution in [3.8, 4) is 0 Å². The van der Waals surface area contributed by atoms with E-state index in [1.807, 2.05) is 11.5 Å². The molecule has 0 radical (unpaired) electrons. The first kappa shape index (κ1) is 16.3. The first-order valence-electron chi connectivity index (χ1n) is 6.36.